The first kappa shape index (κ1) is 13.8. The van der Waals surface area contributed by atoms with E-state index in [2.05, 4.69) is 10.6 Å². The summed E-state index contributed by atoms with van der Waals surface area (Å²) in [5.74, 6) is -0.629. The van der Waals surface area contributed by atoms with E-state index in [-0.39, 0.29) is 30.9 Å². The molecule has 2 unspecified atom stereocenters. The number of piperazine rings is 1. The molecule has 2 N–H and O–H groups in total. The Morgan fingerprint density at radius 3 is 2.79 bits per heavy atom. The van der Waals surface area contributed by atoms with Gasteiger partial charge in [0.15, 0.2) is 0 Å². The molecule has 2 amide bonds. The Labute approximate surface area is 111 Å². The number of carbonyl (C=O) groups is 3. The second-order valence-corrected chi connectivity index (χ2v) is 4.80. The fraction of sp³-hybridized carbons (Fsp3) is 0.750. The van der Waals surface area contributed by atoms with Gasteiger partial charge in [0.05, 0.1) is 13.7 Å². The SMILES string of the molecule is COC(=O)C1CCCCN1C(=O)C1CNC(=O)CN1. The maximum Gasteiger partial charge on any atom is 0.328 e. The summed E-state index contributed by atoms with van der Waals surface area (Å²) in [6.45, 7) is 0.958. The van der Waals surface area contributed by atoms with Crippen LogP contribution in [0.25, 0.3) is 0 Å². The van der Waals surface area contributed by atoms with Gasteiger partial charge < -0.3 is 15.0 Å². The molecule has 0 radical (unpaired) electrons. The minimum Gasteiger partial charge on any atom is -0.467 e. The minimum atomic E-state index is -0.495. The van der Waals surface area contributed by atoms with Crippen LogP contribution < -0.4 is 10.6 Å². The van der Waals surface area contributed by atoms with E-state index in [1.165, 1.54) is 7.11 Å². The van der Waals surface area contributed by atoms with Crippen LogP contribution in [0.15, 0.2) is 0 Å². The van der Waals surface area contributed by atoms with Gasteiger partial charge in [0.2, 0.25) is 11.8 Å². The number of amides is 2. The standard InChI is InChI=1S/C12H19N3O4/c1-19-12(18)9-4-2-3-5-15(9)11(17)8-6-14-10(16)7-13-8/h8-9,13H,2-7H2,1H3,(H,14,16). The number of nitrogens with zero attached hydrogens (tertiary/aromatic N) is 1. The topological polar surface area (TPSA) is 87.7 Å². The third kappa shape index (κ3) is 3.04. The van der Waals surface area contributed by atoms with Gasteiger partial charge in [0.25, 0.3) is 0 Å². The van der Waals surface area contributed by atoms with Crippen molar-refractivity contribution in [2.24, 2.45) is 0 Å². The van der Waals surface area contributed by atoms with Crippen LogP contribution in [0.2, 0.25) is 0 Å². The number of methoxy groups -OCH3 is 1. The summed E-state index contributed by atoms with van der Waals surface area (Å²) in [5.41, 5.74) is 0. The van der Waals surface area contributed by atoms with Crippen LogP contribution in [0.1, 0.15) is 19.3 Å². The fourth-order valence-corrected chi connectivity index (χ4v) is 2.52. The number of hydrogen-bond donors (Lipinski definition) is 2. The van der Waals surface area contributed by atoms with E-state index in [0.717, 1.165) is 12.8 Å². The Hall–Kier alpha value is -1.63. The summed E-state index contributed by atoms with van der Waals surface area (Å²) in [7, 11) is 1.33. The van der Waals surface area contributed by atoms with Crippen molar-refractivity contribution in [2.75, 3.05) is 26.7 Å². The monoisotopic (exact) mass is 269 g/mol. The number of nitrogens with one attached hydrogen (secondary N) is 2. The molecule has 0 aromatic heterocycles. The molecule has 106 valence electrons. The summed E-state index contributed by atoms with van der Waals surface area (Å²) in [5, 5.41) is 5.53. The predicted octanol–water partition coefficient (Wildman–Crippen LogP) is -1.37. The Balaban J connectivity index is 2.03. The molecule has 2 atom stereocenters. The lowest BCUT2D eigenvalue weighted by atomic mass is 10.0. The Kier molecular flexibility index (Phi) is 4.36. The number of rotatable bonds is 2. The maximum atomic E-state index is 12.4. The number of likely N-dealkylation sites (tertiary alicyclic amines) is 1. The van der Waals surface area contributed by atoms with Gasteiger partial charge in [0, 0.05) is 13.1 Å². The van der Waals surface area contributed by atoms with Gasteiger partial charge in [-0.15, -0.1) is 0 Å². The van der Waals surface area contributed by atoms with Gasteiger partial charge in [-0.2, -0.15) is 0 Å². The van der Waals surface area contributed by atoms with Gasteiger partial charge in [-0.05, 0) is 19.3 Å². The smallest absolute Gasteiger partial charge is 0.328 e. The molecule has 7 heteroatoms. The van der Waals surface area contributed by atoms with E-state index in [1.807, 2.05) is 0 Å². The van der Waals surface area contributed by atoms with Crippen molar-refractivity contribution in [3.05, 3.63) is 0 Å². The van der Waals surface area contributed by atoms with Crippen LogP contribution in [0.4, 0.5) is 0 Å². The lowest BCUT2D eigenvalue weighted by molar-refractivity contribution is -0.155. The highest BCUT2D eigenvalue weighted by Gasteiger charge is 2.36. The van der Waals surface area contributed by atoms with Gasteiger partial charge >= 0.3 is 5.97 Å². The molecule has 2 fully saturated rings. The lowest BCUT2D eigenvalue weighted by Crippen LogP contribution is -2.61. The van der Waals surface area contributed by atoms with Crippen LogP contribution in [0.3, 0.4) is 0 Å². The van der Waals surface area contributed by atoms with E-state index < -0.39 is 12.1 Å². The molecule has 2 heterocycles. The number of hydrogen-bond acceptors (Lipinski definition) is 5. The lowest BCUT2D eigenvalue weighted by Gasteiger charge is -2.37. The summed E-state index contributed by atoms with van der Waals surface area (Å²) in [6.07, 6.45) is 2.44. The van der Waals surface area contributed by atoms with Crippen LogP contribution in [-0.2, 0) is 19.1 Å². The average molecular weight is 269 g/mol. The largest absolute Gasteiger partial charge is 0.467 e. The molecular weight excluding hydrogens is 250 g/mol. The van der Waals surface area contributed by atoms with E-state index in [0.29, 0.717) is 13.0 Å². The van der Waals surface area contributed by atoms with Crippen molar-refractivity contribution < 1.29 is 19.1 Å². The molecule has 2 aliphatic heterocycles. The molecular formula is C12H19N3O4. The molecule has 0 aromatic rings. The molecule has 2 rings (SSSR count). The number of piperidine rings is 1. The molecule has 19 heavy (non-hydrogen) atoms. The van der Waals surface area contributed by atoms with Crippen molar-refractivity contribution in [2.45, 2.75) is 31.3 Å². The fourth-order valence-electron chi connectivity index (χ4n) is 2.52. The highest BCUT2D eigenvalue weighted by molar-refractivity contribution is 5.90. The molecule has 2 saturated heterocycles. The molecule has 7 nitrogen and oxygen atoms in total. The van der Waals surface area contributed by atoms with Crippen LogP contribution >= 0.6 is 0 Å². The molecule has 0 aromatic carbocycles. The second-order valence-electron chi connectivity index (χ2n) is 4.80. The van der Waals surface area contributed by atoms with E-state index in [9.17, 15) is 14.4 Å². The van der Waals surface area contributed by atoms with E-state index >= 15 is 0 Å². The van der Waals surface area contributed by atoms with Gasteiger partial charge in [-0.3, -0.25) is 14.9 Å². The second kappa shape index (κ2) is 6.01. The van der Waals surface area contributed by atoms with E-state index in [1.54, 1.807) is 4.90 Å². The third-order valence-corrected chi connectivity index (χ3v) is 3.57. The summed E-state index contributed by atoms with van der Waals surface area (Å²) >= 11 is 0. The first-order valence-electron chi connectivity index (χ1n) is 6.52. The van der Waals surface area contributed by atoms with Crippen molar-refractivity contribution in [1.29, 1.82) is 0 Å². The zero-order valence-electron chi connectivity index (χ0n) is 11.0. The van der Waals surface area contributed by atoms with Crippen molar-refractivity contribution in [1.82, 2.24) is 15.5 Å². The highest BCUT2D eigenvalue weighted by Crippen LogP contribution is 2.19. The summed E-state index contributed by atoms with van der Waals surface area (Å²) in [4.78, 5) is 36.7. The Morgan fingerprint density at radius 2 is 2.16 bits per heavy atom. The maximum absolute atomic E-state index is 12.4. The quantitative estimate of drug-likeness (QED) is 0.604. The van der Waals surface area contributed by atoms with Crippen molar-refractivity contribution in [3.8, 4) is 0 Å². The van der Waals surface area contributed by atoms with Gasteiger partial charge in [-0.25, -0.2) is 4.79 Å². The molecule has 0 spiro atoms. The van der Waals surface area contributed by atoms with Crippen LogP contribution in [0, 0.1) is 0 Å². The zero-order chi connectivity index (χ0) is 13.8. The van der Waals surface area contributed by atoms with Gasteiger partial charge in [0.1, 0.15) is 12.1 Å². The average Bonchev–Trinajstić information content (AvgIpc) is 2.46. The molecule has 0 saturated carbocycles. The normalized spacial score (nSPS) is 27.6. The van der Waals surface area contributed by atoms with Gasteiger partial charge in [-0.1, -0.05) is 0 Å². The highest BCUT2D eigenvalue weighted by atomic mass is 16.5. The predicted molar refractivity (Wildman–Crippen MR) is 66.2 cm³/mol. The van der Waals surface area contributed by atoms with E-state index in [4.69, 9.17) is 4.74 Å². The van der Waals surface area contributed by atoms with Crippen molar-refractivity contribution in [3.63, 3.8) is 0 Å². The third-order valence-electron chi connectivity index (χ3n) is 3.57. The summed E-state index contributed by atoms with van der Waals surface area (Å²) < 4.78 is 4.75. The number of ether oxygens (including phenoxy) is 1. The van der Waals surface area contributed by atoms with Crippen LogP contribution in [-0.4, -0.2) is 61.5 Å². The molecule has 0 aliphatic carbocycles. The first-order valence-corrected chi connectivity index (χ1v) is 6.52. The Morgan fingerprint density at radius 1 is 1.37 bits per heavy atom. The zero-order valence-corrected chi connectivity index (χ0v) is 11.0. The molecule has 2 aliphatic rings. The Bertz CT molecular complexity index is 375. The molecule has 0 bridgehead atoms. The number of carbonyl (C=O) groups excluding carboxylic acids is 3. The summed E-state index contributed by atoms with van der Waals surface area (Å²) in [6, 6.07) is -0.950. The minimum absolute atomic E-state index is 0.118. The first-order chi connectivity index (χ1) is 9.13. The van der Waals surface area contributed by atoms with Crippen molar-refractivity contribution >= 4 is 17.8 Å². The van der Waals surface area contributed by atoms with Crippen LogP contribution in [0.5, 0.6) is 0 Å². The number of esters is 1.